The molecule has 0 aliphatic carbocycles. The van der Waals surface area contributed by atoms with Crippen LogP contribution in [-0.2, 0) is 4.79 Å². The Morgan fingerprint density at radius 3 is 2.75 bits per heavy atom. The Bertz CT molecular complexity index is 115. The molecule has 1 rings (SSSR count). The highest BCUT2D eigenvalue weighted by Gasteiger charge is 2.24. The van der Waals surface area contributed by atoms with Crippen molar-refractivity contribution < 1.29 is 4.79 Å². The van der Waals surface area contributed by atoms with E-state index in [9.17, 15) is 4.79 Å². The minimum Gasteiger partial charge on any atom is -0.333 e. The Labute approximate surface area is 57.0 Å². The van der Waals surface area contributed by atoms with E-state index in [1.54, 1.807) is 18.4 Å². The van der Waals surface area contributed by atoms with Crippen molar-refractivity contribution >= 4 is 21.8 Å². The number of nitrogens with zero attached hydrogens (tertiary/aromatic N) is 1. The van der Waals surface area contributed by atoms with Gasteiger partial charge in [-0.15, -0.1) is 0 Å². The van der Waals surface area contributed by atoms with E-state index >= 15 is 0 Å². The zero-order valence-electron chi connectivity index (χ0n) is 4.60. The minimum absolute atomic E-state index is 0.117. The zero-order valence-corrected chi connectivity index (χ0v) is 6.18. The van der Waals surface area contributed by atoms with Crippen LogP contribution in [0.1, 0.15) is 6.42 Å². The average molecular weight is 177 g/mol. The van der Waals surface area contributed by atoms with Crippen LogP contribution in [0.5, 0.6) is 0 Å². The first kappa shape index (κ1) is 6.08. The van der Waals surface area contributed by atoms with Gasteiger partial charge < -0.3 is 4.90 Å². The topological polar surface area (TPSA) is 20.3 Å². The molecule has 0 bridgehead atoms. The molecule has 0 N–H and O–H groups in total. The van der Waals surface area contributed by atoms with Crippen molar-refractivity contribution in [2.75, 3.05) is 7.05 Å². The Hall–Kier alpha value is -0.0500. The number of alkyl halides is 1. The van der Waals surface area contributed by atoms with Gasteiger partial charge in [-0.05, 0) is 6.42 Å². The van der Waals surface area contributed by atoms with Gasteiger partial charge in [-0.25, -0.2) is 0 Å². The molecule has 0 aromatic carbocycles. The summed E-state index contributed by atoms with van der Waals surface area (Å²) in [5.74, 6) is 0.117. The van der Waals surface area contributed by atoms with E-state index < -0.39 is 0 Å². The van der Waals surface area contributed by atoms with Crippen molar-refractivity contribution in [3.8, 4) is 0 Å². The van der Waals surface area contributed by atoms with Gasteiger partial charge in [0, 0.05) is 7.05 Å². The number of rotatable bonds is 0. The molecule has 0 aromatic rings. The summed E-state index contributed by atoms with van der Waals surface area (Å²) < 4.78 is 0. The molecule has 3 heteroatoms. The van der Waals surface area contributed by atoms with Crippen molar-refractivity contribution in [1.29, 1.82) is 0 Å². The normalized spacial score (nSPS) is 29.5. The molecule has 1 atom stereocenters. The quantitative estimate of drug-likeness (QED) is 0.395. The second-order valence-corrected chi connectivity index (χ2v) is 2.88. The van der Waals surface area contributed by atoms with Gasteiger partial charge >= 0.3 is 0 Å². The molecule has 0 aromatic heterocycles. The van der Waals surface area contributed by atoms with Crippen LogP contribution >= 0.6 is 15.9 Å². The van der Waals surface area contributed by atoms with Gasteiger partial charge in [-0.3, -0.25) is 4.79 Å². The molecule has 45 valence electrons. The van der Waals surface area contributed by atoms with Gasteiger partial charge in [0.1, 0.15) is 0 Å². The maximum atomic E-state index is 10.6. The Kier molecular flexibility index (Phi) is 1.56. The maximum Gasteiger partial charge on any atom is 0.227 e. The van der Waals surface area contributed by atoms with E-state index in [1.165, 1.54) is 0 Å². The molecule has 0 spiro atoms. The number of hydrogen-bond acceptors (Lipinski definition) is 1. The number of hydrogen-bond donors (Lipinski definition) is 0. The summed E-state index contributed by atoms with van der Waals surface area (Å²) in [6.07, 6.45) is 2.51. The summed E-state index contributed by atoms with van der Waals surface area (Å²) in [7, 11) is 1.78. The largest absolute Gasteiger partial charge is 0.333 e. The van der Waals surface area contributed by atoms with Gasteiger partial charge in [0.05, 0.1) is 11.4 Å². The number of carbonyl (C=O) groups is 1. The first-order valence-corrected chi connectivity index (χ1v) is 3.37. The lowest BCUT2D eigenvalue weighted by atomic mass is 10.4. The van der Waals surface area contributed by atoms with Crippen molar-refractivity contribution in [3.63, 3.8) is 0 Å². The molecule has 1 fully saturated rings. The van der Waals surface area contributed by atoms with E-state index in [0.717, 1.165) is 6.42 Å². The van der Waals surface area contributed by atoms with Crippen molar-refractivity contribution in [1.82, 2.24) is 4.90 Å². The third-order valence-corrected chi connectivity index (χ3v) is 2.24. The van der Waals surface area contributed by atoms with Crippen LogP contribution in [0.2, 0.25) is 0 Å². The molecule has 8 heavy (non-hydrogen) atoms. The number of amides is 1. The van der Waals surface area contributed by atoms with Crippen molar-refractivity contribution in [3.05, 3.63) is 6.42 Å². The van der Waals surface area contributed by atoms with Crippen LogP contribution in [0.4, 0.5) is 0 Å². The fourth-order valence-electron chi connectivity index (χ4n) is 0.638. The lowest BCUT2D eigenvalue weighted by Gasteiger charge is -2.11. The molecular weight excluding hydrogens is 170 g/mol. The third-order valence-electron chi connectivity index (χ3n) is 1.25. The van der Waals surface area contributed by atoms with Crippen molar-refractivity contribution in [2.45, 2.75) is 11.4 Å². The van der Waals surface area contributed by atoms with Gasteiger partial charge in [0.2, 0.25) is 5.91 Å². The standard InChI is InChI=1S/C5H7BrNO/c1-7-4(6)2-3-5(7)8/h3-4H,2H2,1H3. The number of carbonyl (C=O) groups excluding carboxylic acids is 1. The predicted molar refractivity (Wildman–Crippen MR) is 34.4 cm³/mol. The van der Waals surface area contributed by atoms with Crippen LogP contribution in [0.15, 0.2) is 0 Å². The van der Waals surface area contributed by atoms with E-state index in [1.807, 2.05) is 0 Å². The van der Waals surface area contributed by atoms with E-state index in [2.05, 4.69) is 15.9 Å². The fourth-order valence-corrected chi connectivity index (χ4v) is 1.03. The number of likely N-dealkylation sites (tertiary alicyclic amines) is 1. The minimum atomic E-state index is 0.117. The molecule has 1 radical (unpaired) electrons. The van der Waals surface area contributed by atoms with Gasteiger partial charge in [-0.2, -0.15) is 0 Å². The molecular formula is C5H7BrNO. The second-order valence-electron chi connectivity index (χ2n) is 1.82. The average Bonchev–Trinajstić information content (AvgIpc) is 1.98. The van der Waals surface area contributed by atoms with Crippen LogP contribution in [0.3, 0.4) is 0 Å². The molecule has 0 saturated carbocycles. The Balaban J connectivity index is 2.56. The monoisotopic (exact) mass is 176 g/mol. The maximum absolute atomic E-state index is 10.6. The second kappa shape index (κ2) is 2.05. The van der Waals surface area contributed by atoms with Crippen LogP contribution in [0.25, 0.3) is 0 Å². The van der Waals surface area contributed by atoms with Gasteiger partial charge in [-0.1, -0.05) is 15.9 Å². The van der Waals surface area contributed by atoms with Gasteiger partial charge in [0.25, 0.3) is 0 Å². The van der Waals surface area contributed by atoms with E-state index in [-0.39, 0.29) is 10.9 Å². The lowest BCUT2D eigenvalue weighted by Crippen LogP contribution is -2.23. The molecule has 1 unspecified atom stereocenters. The molecule has 1 saturated heterocycles. The first-order chi connectivity index (χ1) is 3.72. The van der Waals surface area contributed by atoms with Crippen LogP contribution in [0, 0.1) is 6.42 Å². The zero-order chi connectivity index (χ0) is 6.15. The van der Waals surface area contributed by atoms with Gasteiger partial charge in [0.15, 0.2) is 0 Å². The Morgan fingerprint density at radius 2 is 2.62 bits per heavy atom. The predicted octanol–water partition coefficient (Wildman–Crippen LogP) is 0.774. The summed E-state index contributed by atoms with van der Waals surface area (Å²) >= 11 is 3.32. The molecule has 1 aliphatic heterocycles. The summed E-state index contributed by atoms with van der Waals surface area (Å²) in [4.78, 5) is 12.5. The SMILES string of the molecule is CN1C(=O)[CH]CC1Br. The molecule has 1 amide bonds. The third kappa shape index (κ3) is 0.869. The summed E-state index contributed by atoms with van der Waals surface area (Å²) in [5, 5.41) is 0. The van der Waals surface area contributed by atoms with E-state index in [4.69, 9.17) is 0 Å². The highest BCUT2D eigenvalue weighted by molar-refractivity contribution is 9.09. The summed E-state index contributed by atoms with van der Waals surface area (Å²) in [6, 6.07) is 0. The lowest BCUT2D eigenvalue weighted by molar-refractivity contribution is -0.124. The smallest absolute Gasteiger partial charge is 0.227 e. The molecule has 1 heterocycles. The highest BCUT2D eigenvalue weighted by atomic mass is 79.9. The fraction of sp³-hybridized carbons (Fsp3) is 0.600. The molecule has 2 nitrogen and oxygen atoms in total. The highest BCUT2D eigenvalue weighted by Crippen LogP contribution is 2.19. The first-order valence-electron chi connectivity index (χ1n) is 2.46. The summed E-state index contributed by atoms with van der Waals surface area (Å²) in [5.41, 5.74) is 0. The van der Waals surface area contributed by atoms with Crippen LogP contribution < -0.4 is 0 Å². The summed E-state index contributed by atoms with van der Waals surface area (Å²) in [6.45, 7) is 0. The Morgan fingerprint density at radius 1 is 2.00 bits per heavy atom. The van der Waals surface area contributed by atoms with Crippen LogP contribution in [-0.4, -0.2) is 22.8 Å². The molecule has 1 aliphatic rings. The van der Waals surface area contributed by atoms with E-state index in [0.29, 0.717) is 0 Å². The van der Waals surface area contributed by atoms with Crippen molar-refractivity contribution in [2.24, 2.45) is 0 Å². The number of halogens is 1.